The van der Waals surface area contributed by atoms with E-state index in [1.807, 2.05) is 24.3 Å². The van der Waals surface area contributed by atoms with E-state index in [9.17, 15) is 20.5 Å². The van der Waals surface area contributed by atoms with Crippen LogP contribution in [-0.2, 0) is 0 Å². The lowest BCUT2D eigenvalue weighted by atomic mass is 10.1. The summed E-state index contributed by atoms with van der Waals surface area (Å²) in [7, 11) is 0. The van der Waals surface area contributed by atoms with E-state index in [1.165, 1.54) is 24.3 Å². The van der Waals surface area contributed by atoms with E-state index >= 15 is 0 Å². The number of benzene rings is 2. The van der Waals surface area contributed by atoms with Crippen molar-refractivity contribution in [2.45, 2.75) is 0 Å². The minimum absolute atomic E-state index is 0.153. The Kier molecular flexibility index (Phi) is 3.49. The molecule has 0 spiro atoms. The number of non-ortho nitro benzene ring substituents is 1. The average molecular weight is 306 g/mol. The number of phenols is 1. The summed E-state index contributed by atoms with van der Waals surface area (Å²) >= 11 is 0. The molecular formula is C16H10N4O3. The van der Waals surface area contributed by atoms with Crippen molar-refractivity contribution in [2.75, 3.05) is 0 Å². The van der Waals surface area contributed by atoms with Gasteiger partial charge in [-0.25, -0.2) is 4.98 Å². The molecule has 0 saturated heterocycles. The summed E-state index contributed by atoms with van der Waals surface area (Å²) in [6.07, 6.45) is 1.36. The molecule has 0 aliphatic rings. The van der Waals surface area contributed by atoms with Crippen LogP contribution in [0.4, 0.5) is 5.69 Å². The number of nitro benzene ring substituents is 1. The number of aromatic hydroxyl groups is 1. The van der Waals surface area contributed by atoms with Crippen LogP contribution in [0, 0.1) is 21.4 Å². The van der Waals surface area contributed by atoms with Gasteiger partial charge in [-0.15, -0.1) is 0 Å². The first-order chi connectivity index (χ1) is 11.1. The van der Waals surface area contributed by atoms with Crippen molar-refractivity contribution in [3.8, 4) is 11.8 Å². The van der Waals surface area contributed by atoms with Gasteiger partial charge in [0, 0.05) is 17.7 Å². The standard InChI is InChI=1S/C16H10N4O3/c17-9-11(16-18-13-3-1-2-4-14(13)19-16)7-10-8-12(20(22)23)5-6-15(10)21/h1-8,21H,(H,18,19)/b11-7-. The highest BCUT2D eigenvalue weighted by Gasteiger charge is 2.12. The Hall–Kier alpha value is -3.66. The predicted octanol–water partition coefficient (Wildman–Crippen LogP) is 3.24. The lowest BCUT2D eigenvalue weighted by Gasteiger charge is -2.00. The van der Waals surface area contributed by atoms with E-state index in [-0.39, 0.29) is 22.6 Å². The van der Waals surface area contributed by atoms with Gasteiger partial charge in [0.25, 0.3) is 5.69 Å². The van der Waals surface area contributed by atoms with Crippen molar-refractivity contribution in [1.82, 2.24) is 9.97 Å². The molecule has 2 N–H and O–H groups in total. The molecule has 0 atom stereocenters. The van der Waals surface area contributed by atoms with Gasteiger partial charge in [-0.1, -0.05) is 12.1 Å². The molecule has 1 heterocycles. The molecule has 2 aromatic carbocycles. The van der Waals surface area contributed by atoms with Crippen molar-refractivity contribution < 1.29 is 10.0 Å². The molecule has 0 radical (unpaired) electrons. The van der Waals surface area contributed by atoms with Crippen molar-refractivity contribution >= 4 is 28.4 Å². The van der Waals surface area contributed by atoms with E-state index < -0.39 is 4.92 Å². The molecule has 0 aliphatic heterocycles. The Morgan fingerprint density at radius 3 is 2.83 bits per heavy atom. The zero-order valence-corrected chi connectivity index (χ0v) is 11.7. The van der Waals surface area contributed by atoms with Crippen LogP contribution < -0.4 is 0 Å². The van der Waals surface area contributed by atoms with Crippen LogP contribution in [0.3, 0.4) is 0 Å². The number of rotatable bonds is 3. The minimum atomic E-state index is -0.565. The molecule has 0 fully saturated rings. The second kappa shape index (κ2) is 5.61. The number of H-pyrrole nitrogens is 1. The van der Waals surface area contributed by atoms with Gasteiger partial charge in [-0.05, 0) is 24.3 Å². The second-order valence-electron chi connectivity index (χ2n) is 4.77. The van der Waals surface area contributed by atoms with Crippen molar-refractivity contribution in [2.24, 2.45) is 0 Å². The van der Waals surface area contributed by atoms with Crippen molar-refractivity contribution in [3.63, 3.8) is 0 Å². The quantitative estimate of drug-likeness (QED) is 0.437. The van der Waals surface area contributed by atoms with E-state index in [0.29, 0.717) is 11.3 Å². The molecule has 7 nitrogen and oxygen atoms in total. The Balaban J connectivity index is 2.10. The van der Waals surface area contributed by atoms with E-state index in [1.54, 1.807) is 6.07 Å². The summed E-state index contributed by atoms with van der Waals surface area (Å²) in [4.78, 5) is 17.6. The van der Waals surface area contributed by atoms with Crippen LogP contribution in [-0.4, -0.2) is 20.0 Å². The Morgan fingerprint density at radius 1 is 1.35 bits per heavy atom. The van der Waals surface area contributed by atoms with Gasteiger partial charge in [0.05, 0.1) is 21.5 Å². The van der Waals surface area contributed by atoms with E-state index in [4.69, 9.17) is 0 Å². The summed E-state index contributed by atoms with van der Waals surface area (Å²) in [5.74, 6) is 0.180. The number of nitrogens with zero attached hydrogens (tertiary/aromatic N) is 3. The fourth-order valence-corrected chi connectivity index (χ4v) is 2.16. The normalized spacial score (nSPS) is 11.3. The van der Waals surface area contributed by atoms with Crippen molar-refractivity contribution in [1.29, 1.82) is 5.26 Å². The number of nitriles is 1. The minimum Gasteiger partial charge on any atom is -0.507 e. The number of aromatic amines is 1. The highest BCUT2D eigenvalue weighted by Crippen LogP contribution is 2.27. The molecule has 3 aromatic rings. The van der Waals surface area contributed by atoms with Crippen LogP contribution in [0.5, 0.6) is 5.75 Å². The summed E-state index contributed by atoms with van der Waals surface area (Å²) < 4.78 is 0. The third kappa shape index (κ3) is 2.73. The van der Waals surface area contributed by atoms with E-state index in [0.717, 1.165) is 5.52 Å². The third-order valence-electron chi connectivity index (χ3n) is 3.29. The van der Waals surface area contributed by atoms with Gasteiger partial charge >= 0.3 is 0 Å². The maximum Gasteiger partial charge on any atom is 0.270 e. The molecule has 0 unspecified atom stereocenters. The van der Waals surface area contributed by atoms with Gasteiger partial charge in [-0.2, -0.15) is 5.26 Å². The van der Waals surface area contributed by atoms with Gasteiger partial charge < -0.3 is 10.1 Å². The number of fused-ring (bicyclic) bond motifs is 1. The van der Waals surface area contributed by atoms with Crippen LogP contribution in [0.2, 0.25) is 0 Å². The summed E-state index contributed by atoms with van der Waals surface area (Å²) in [6, 6.07) is 12.9. The molecule has 0 aliphatic carbocycles. The molecule has 1 aromatic heterocycles. The average Bonchev–Trinajstić information content (AvgIpc) is 2.97. The highest BCUT2D eigenvalue weighted by atomic mass is 16.6. The number of hydrogen-bond donors (Lipinski definition) is 2. The number of nitrogens with one attached hydrogen (secondary N) is 1. The maximum absolute atomic E-state index is 10.8. The number of phenolic OH excluding ortho intramolecular Hbond substituents is 1. The highest BCUT2D eigenvalue weighted by molar-refractivity contribution is 5.91. The van der Waals surface area contributed by atoms with Crippen LogP contribution in [0.15, 0.2) is 42.5 Å². The smallest absolute Gasteiger partial charge is 0.270 e. The Bertz CT molecular complexity index is 949. The maximum atomic E-state index is 10.8. The number of allylic oxidation sites excluding steroid dienone is 1. The van der Waals surface area contributed by atoms with Gasteiger partial charge in [0.2, 0.25) is 0 Å². The largest absolute Gasteiger partial charge is 0.507 e. The number of para-hydroxylation sites is 2. The van der Waals surface area contributed by atoms with Crippen LogP contribution in [0.25, 0.3) is 22.7 Å². The van der Waals surface area contributed by atoms with Gasteiger partial charge in [0.15, 0.2) is 0 Å². The van der Waals surface area contributed by atoms with Crippen molar-refractivity contribution in [3.05, 3.63) is 64.0 Å². The second-order valence-corrected chi connectivity index (χ2v) is 4.77. The molecular weight excluding hydrogens is 296 g/mol. The number of nitro groups is 1. The third-order valence-corrected chi connectivity index (χ3v) is 3.29. The zero-order valence-electron chi connectivity index (χ0n) is 11.7. The molecule has 0 saturated carbocycles. The molecule has 3 rings (SSSR count). The SMILES string of the molecule is N#C/C(=C/c1cc([N+](=O)[O-])ccc1O)c1nc2ccccc2[nH]1. The van der Waals surface area contributed by atoms with Gasteiger partial charge in [0.1, 0.15) is 17.6 Å². The Morgan fingerprint density at radius 2 is 2.13 bits per heavy atom. The first-order valence-electron chi connectivity index (χ1n) is 6.63. The zero-order chi connectivity index (χ0) is 16.4. The summed E-state index contributed by atoms with van der Waals surface area (Å²) in [5, 5.41) is 30.0. The molecule has 23 heavy (non-hydrogen) atoms. The van der Waals surface area contributed by atoms with E-state index in [2.05, 4.69) is 9.97 Å². The fraction of sp³-hybridized carbons (Fsp3) is 0. The first kappa shape index (κ1) is 14.3. The van der Waals surface area contributed by atoms with Crippen LogP contribution >= 0.6 is 0 Å². The summed E-state index contributed by atoms with van der Waals surface area (Å²) in [6.45, 7) is 0. The monoisotopic (exact) mass is 306 g/mol. The lowest BCUT2D eigenvalue weighted by Crippen LogP contribution is -1.89. The topological polar surface area (TPSA) is 116 Å². The molecule has 0 bridgehead atoms. The lowest BCUT2D eigenvalue weighted by molar-refractivity contribution is -0.384. The number of imidazole rings is 1. The molecule has 0 amide bonds. The number of aromatic nitrogens is 2. The molecule has 7 heteroatoms. The fourth-order valence-electron chi connectivity index (χ4n) is 2.16. The van der Waals surface area contributed by atoms with Gasteiger partial charge in [-0.3, -0.25) is 10.1 Å². The molecule has 112 valence electrons. The van der Waals surface area contributed by atoms with Crippen LogP contribution in [0.1, 0.15) is 11.4 Å². The Labute approximate surface area is 130 Å². The predicted molar refractivity (Wildman–Crippen MR) is 84.3 cm³/mol. The first-order valence-corrected chi connectivity index (χ1v) is 6.63. The number of hydrogen-bond acceptors (Lipinski definition) is 5. The summed E-state index contributed by atoms with van der Waals surface area (Å²) in [5.41, 5.74) is 1.64.